The fourth-order valence-electron chi connectivity index (χ4n) is 2.91. The molecule has 78 valence electrons. The molecular weight excluding hydrogens is 180 g/mol. The van der Waals surface area contributed by atoms with Gasteiger partial charge in [0.2, 0.25) is 0 Å². The molecule has 0 saturated heterocycles. The summed E-state index contributed by atoms with van der Waals surface area (Å²) in [6.07, 6.45) is 10.7. The molecule has 0 aromatic heterocycles. The summed E-state index contributed by atoms with van der Waals surface area (Å²) >= 11 is 0. The van der Waals surface area contributed by atoms with Gasteiger partial charge in [-0.25, -0.2) is 0 Å². The Morgan fingerprint density at radius 3 is 2.73 bits per heavy atom. The lowest BCUT2D eigenvalue weighted by atomic mass is 9.76. The molecule has 0 saturated carbocycles. The van der Waals surface area contributed by atoms with Crippen molar-refractivity contribution in [3.8, 4) is 0 Å². The molecule has 15 heavy (non-hydrogen) atoms. The summed E-state index contributed by atoms with van der Waals surface area (Å²) in [5.74, 6) is 2.10. The number of fused-ring (bicyclic) bond motifs is 1. The Morgan fingerprint density at radius 2 is 2.00 bits per heavy atom. The van der Waals surface area contributed by atoms with Crippen LogP contribution in [0.25, 0.3) is 0 Å². The van der Waals surface area contributed by atoms with Gasteiger partial charge in [-0.2, -0.15) is 0 Å². The van der Waals surface area contributed by atoms with Crippen molar-refractivity contribution in [2.45, 2.75) is 27.2 Å². The predicted molar refractivity (Wildman–Crippen MR) is 64.4 cm³/mol. The molecule has 0 heteroatoms. The van der Waals surface area contributed by atoms with Crippen molar-refractivity contribution in [3.63, 3.8) is 0 Å². The van der Waals surface area contributed by atoms with E-state index >= 15 is 0 Å². The third kappa shape index (κ3) is 1.14. The highest BCUT2D eigenvalue weighted by Gasteiger charge is 2.36. The van der Waals surface area contributed by atoms with E-state index in [1.807, 2.05) is 0 Å². The van der Waals surface area contributed by atoms with E-state index in [1.165, 1.54) is 5.57 Å². The highest BCUT2D eigenvalue weighted by Crippen LogP contribution is 2.50. The largest absolute Gasteiger partial charge is 0.0795 e. The second-order valence-corrected chi connectivity index (χ2v) is 5.31. The molecule has 1 unspecified atom stereocenters. The van der Waals surface area contributed by atoms with Crippen molar-refractivity contribution >= 4 is 0 Å². The molecule has 0 heterocycles. The van der Waals surface area contributed by atoms with Gasteiger partial charge >= 0.3 is 0 Å². The van der Waals surface area contributed by atoms with Crippen molar-refractivity contribution < 1.29 is 0 Å². The fourth-order valence-corrected chi connectivity index (χ4v) is 2.91. The monoisotopic (exact) mass is 198 g/mol. The number of allylic oxidation sites excluding steroid dienone is 8. The third-order valence-electron chi connectivity index (χ3n) is 4.11. The lowest BCUT2D eigenvalue weighted by Crippen LogP contribution is -2.15. The number of rotatable bonds is 2. The molecule has 3 aliphatic carbocycles. The zero-order valence-electron chi connectivity index (χ0n) is 9.75. The van der Waals surface area contributed by atoms with Crippen LogP contribution in [0.5, 0.6) is 0 Å². The summed E-state index contributed by atoms with van der Waals surface area (Å²) in [7, 11) is 0. The summed E-state index contributed by atoms with van der Waals surface area (Å²) < 4.78 is 0. The standard InChI is InChI=1S/C15H18/c1-9(2)10(3)14-11-5-4-6-12-8-13(7-11)15(12)14/h4-5,7-10,13H,6H2,1-3H3/t10-,13?/m1/s1. The van der Waals surface area contributed by atoms with E-state index in [9.17, 15) is 0 Å². The first-order valence-electron chi connectivity index (χ1n) is 6.02. The van der Waals surface area contributed by atoms with Gasteiger partial charge in [-0.3, -0.25) is 0 Å². The Balaban J connectivity index is 2.09. The highest BCUT2D eigenvalue weighted by atomic mass is 14.4. The van der Waals surface area contributed by atoms with Crippen LogP contribution < -0.4 is 0 Å². The van der Waals surface area contributed by atoms with Crippen molar-refractivity contribution in [3.05, 3.63) is 46.6 Å². The van der Waals surface area contributed by atoms with Crippen LogP contribution in [0.15, 0.2) is 46.6 Å². The minimum absolute atomic E-state index is 0.663. The molecule has 3 aliphatic rings. The second-order valence-electron chi connectivity index (χ2n) is 5.31. The van der Waals surface area contributed by atoms with E-state index in [4.69, 9.17) is 0 Å². The van der Waals surface area contributed by atoms with E-state index in [0.717, 1.165) is 12.3 Å². The second kappa shape index (κ2) is 2.98. The number of hydrogen-bond acceptors (Lipinski definition) is 0. The normalized spacial score (nSPS) is 28.7. The molecule has 0 radical (unpaired) electrons. The van der Waals surface area contributed by atoms with E-state index in [1.54, 1.807) is 16.7 Å². The van der Waals surface area contributed by atoms with E-state index < -0.39 is 0 Å². The average molecular weight is 198 g/mol. The van der Waals surface area contributed by atoms with Crippen molar-refractivity contribution in [2.24, 2.45) is 17.8 Å². The van der Waals surface area contributed by atoms with Crippen LogP contribution in [0.2, 0.25) is 0 Å². The Bertz CT molecular complexity index is 427. The van der Waals surface area contributed by atoms with Gasteiger partial charge in [0.1, 0.15) is 0 Å². The van der Waals surface area contributed by atoms with Gasteiger partial charge in [0, 0.05) is 5.92 Å². The van der Waals surface area contributed by atoms with Gasteiger partial charge in [0.15, 0.2) is 0 Å². The maximum Gasteiger partial charge on any atom is 0.0219 e. The maximum absolute atomic E-state index is 2.43. The molecule has 3 rings (SSSR count). The third-order valence-corrected chi connectivity index (χ3v) is 4.11. The molecule has 0 spiro atoms. The van der Waals surface area contributed by atoms with Gasteiger partial charge < -0.3 is 0 Å². The molecule has 0 N–H and O–H groups in total. The molecule has 0 amide bonds. The lowest BCUT2D eigenvalue weighted by molar-refractivity contribution is 0.482. The van der Waals surface area contributed by atoms with E-state index in [2.05, 4.69) is 45.1 Å². The van der Waals surface area contributed by atoms with Crippen LogP contribution in [0.3, 0.4) is 0 Å². The Hall–Kier alpha value is -1.04. The Morgan fingerprint density at radius 1 is 1.20 bits per heavy atom. The molecule has 0 aliphatic heterocycles. The van der Waals surface area contributed by atoms with Crippen LogP contribution in [0.4, 0.5) is 0 Å². The van der Waals surface area contributed by atoms with Crippen molar-refractivity contribution in [2.75, 3.05) is 0 Å². The van der Waals surface area contributed by atoms with Crippen LogP contribution in [0.1, 0.15) is 27.2 Å². The fraction of sp³-hybridized carbons (Fsp3) is 0.467. The summed E-state index contributed by atoms with van der Waals surface area (Å²) in [5, 5.41) is 0. The average Bonchev–Trinajstić information content (AvgIpc) is 2.30. The maximum atomic E-state index is 2.43. The molecule has 2 bridgehead atoms. The van der Waals surface area contributed by atoms with Gasteiger partial charge in [0.05, 0.1) is 0 Å². The molecule has 0 nitrogen and oxygen atoms in total. The van der Waals surface area contributed by atoms with Crippen molar-refractivity contribution in [1.82, 2.24) is 0 Å². The van der Waals surface area contributed by atoms with Crippen LogP contribution in [-0.4, -0.2) is 0 Å². The molecular formula is C15H18. The number of hydrogen-bond donors (Lipinski definition) is 0. The highest BCUT2D eigenvalue weighted by molar-refractivity contribution is 5.66. The van der Waals surface area contributed by atoms with E-state index in [0.29, 0.717) is 11.8 Å². The van der Waals surface area contributed by atoms with Crippen LogP contribution in [-0.2, 0) is 0 Å². The molecule has 0 aromatic carbocycles. The van der Waals surface area contributed by atoms with Gasteiger partial charge in [-0.1, -0.05) is 45.1 Å². The van der Waals surface area contributed by atoms with Gasteiger partial charge in [0.25, 0.3) is 0 Å². The molecule has 0 fully saturated rings. The quantitative estimate of drug-likeness (QED) is 0.628. The van der Waals surface area contributed by atoms with Crippen molar-refractivity contribution in [1.29, 1.82) is 0 Å². The van der Waals surface area contributed by atoms with Crippen LogP contribution in [0, 0.1) is 17.8 Å². The summed E-state index contributed by atoms with van der Waals surface area (Å²) in [4.78, 5) is 0. The van der Waals surface area contributed by atoms with E-state index in [-0.39, 0.29) is 0 Å². The zero-order valence-corrected chi connectivity index (χ0v) is 9.75. The van der Waals surface area contributed by atoms with Gasteiger partial charge in [-0.15, -0.1) is 0 Å². The predicted octanol–water partition coefficient (Wildman–Crippen LogP) is 4.03. The molecule has 0 aromatic rings. The smallest absolute Gasteiger partial charge is 0.0219 e. The SMILES string of the molecule is CC(C)[C@@H](C)C1=C2C3=CC2C=C1C=CC3. The van der Waals surface area contributed by atoms with Crippen LogP contribution >= 0.6 is 0 Å². The first-order chi connectivity index (χ1) is 7.18. The minimum atomic E-state index is 0.663. The summed E-state index contributed by atoms with van der Waals surface area (Å²) in [5.41, 5.74) is 6.39. The summed E-state index contributed by atoms with van der Waals surface area (Å²) in [6.45, 7) is 7.03. The zero-order chi connectivity index (χ0) is 10.6. The Kier molecular flexibility index (Phi) is 1.83. The molecule has 2 atom stereocenters. The minimum Gasteiger partial charge on any atom is -0.0795 e. The lowest BCUT2D eigenvalue weighted by Gasteiger charge is -2.28. The first-order valence-corrected chi connectivity index (χ1v) is 6.02. The topological polar surface area (TPSA) is 0 Å². The Labute approximate surface area is 92.1 Å². The summed E-state index contributed by atoms with van der Waals surface area (Å²) in [6, 6.07) is 0. The first kappa shape index (κ1) is 9.21. The van der Waals surface area contributed by atoms with Gasteiger partial charge in [-0.05, 0) is 40.5 Å².